The summed E-state index contributed by atoms with van der Waals surface area (Å²) < 4.78 is 5.79. The lowest BCUT2D eigenvalue weighted by Gasteiger charge is -2.36. The third-order valence-corrected chi connectivity index (χ3v) is 4.51. The number of nitrogens with zero attached hydrogens (tertiary/aromatic N) is 5. The first kappa shape index (κ1) is 18.5. The molecule has 1 aliphatic heterocycles. The Balaban J connectivity index is 1.61. The maximum absolute atomic E-state index is 5.79. The van der Waals surface area contributed by atoms with E-state index in [1.54, 1.807) is 0 Å². The lowest BCUT2D eigenvalue weighted by molar-refractivity contribution is -0.00545. The predicted molar refractivity (Wildman–Crippen MR) is 102 cm³/mol. The van der Waals surface area contributed by atoms with Crippen LogP contribution in [0.5, 0.6) is 0 Å². The molecule has 2 atom stereocenters. The zero-order chi connectivity index (χ0) is 18.5. The minimum atomic E-state index is 0.227. The van der Waals surface area contributed by atoms with E-state index in [4.69, 9.17) is 4.74 Å². The Morgan fingerprint density at radius 3 is 2.42 bits per heavy atom. The molecule has 2 aromatic heterocycles. The molecule has 3 heterocycles. The molecule has 7 nitrogen and oxygen atoms in total. The molecule has 2 aromatic rings. The maximum Gasteiger partial charge on any atom is 0.243 e. The number of nitrogens with one attached hydrogen (secondary N) is 1. The number of hydrogen-bond donors (Lipinski definition) is 1. The van der Waals surface area contributed by atoms with Crippen LogP contribution in [-0.2, 0) is 24.1 Å². The molecule has 0 radical (unpaired) electrons. The van der Waals surface area contributed by atoms with Crippen LogP contribution in [-0.4, -0.2) is 45.5 Å². The summed E-state index contributed by atoms with van der Waals surface area (Å²) in [5, 5.41) is 11.7. The summed E-state index contributed by atoms with van der Waals surface area (Å²) in [5.41, 5.74) is 3.07. The quantitative estimate of drug-likeness (QED) is 0.852. The van der Waals surface area contributed by atoms with Crippen molar-refractivity contribution in [1.29, 1.82) is 0 Å². The first-order chi connectivity index (χ1) is 12.6. The molecular weight excluding hydrogens is 328 g/mol. The van der Waals surface area contributed by atoms with Gasteiger partial charge < -0.3 is 15.0 Å². The van der Waals surface area contributed by atoms with E-state index < -0.39 is 0 Å². The van der Waals surface area contributed by atoms with Crippen LogP contribution in [0.4, 0.5) is 11.8 Å². The third-order valence-electron chi connectivity index (χ3n) is 4.51. The second-order valence-electron chi connectivity index (χ2n) is 6.78. The van der Waals surface area contributed by atoms with E-state index in [9.17, 15) is 0 Å². The van der Waals surface area contributed by atoms with Crippen LogP contribution in [0.2, 0.25) is 0 Å². The monoisotopic (exact) mass is 356 g/mol. The first-order valence-corrected chi connectivity index (χ1v) is 9.40. The molecule has 1 saturated heterocycles. The molecule has 1 N–H and O–H groups in total. The van der Waals surface area contributed by atoms with Crippen molar-refractivity contribution in [2.24, 2.45) is 0 Å². The van der Waals surface area contributed by atoms with Crippen molar-refractivity contribution in [3.05, 3.63) is 35.3 Å². The number of hydrogen-bond acceptors (Lipinski definition) is 7. The van der Waals surface area contributed by atoms with Crippen LogP contribution in [0.3, 0.4) is 0 Å². The fourth-order valence-corrected chi connectivity index (χ4v) is 3.27. The van der Waals surface area contributed by atoms with E-state index in [-0.39, 0.29) is 12.2 Å². The van der Waals surface area contributed by atoms with Gasteiger partial charge in [0, 0.05) is 25.8 Å². The summed E-state index contributed by atoms with van der Waals surface area (Å²) in [4.78, 5) is 11.5. The van der Waals surface area contributed by atoms with Gasteiger partial charge in [-0.05, 0) is 38.3 Å². The Morgan fingerprint density at radius 1 is 1.08 bits per heavy atom. The number of aryl methyl sites for hydroxylation is 2. The van der Waals surface area contributed by atoms with E-state index in [0.29, 0.717) is 12.5 Å². The second-order valence-corrected chi connectivity index (χ2v) is 6.78. The van der Waals surface area contributed by atoms with Crippen molar-refractivity contribution in [1.82, 2.24) is 20.2 Å². The number of rotatable bonds is 6. The Bertz CT molecular complexity index is 710. The van der Waals surface area contributed by atoms with Crippen molar-refractivity contribution < 1.29 is 4.74 Å². The van der Waals surface area contributed by atoms with Gasteiger partial charge in [-0.25, -0.2) is 9.97 Å². The lowest BCUT2D eigenvalue weighted by Crippen LogP contribution is -2.45. The molecule has 1 fully saturated rings. The normalized spacial score (nSPS) is 20.2. The molecule has 0 amide bonds. The molecule has 0 aliphatic carbocycles. The maximum atomic E-state index is 5.79. The van der Waals surface area contributed by atoms with Gasteiger partial charge in [0.15, 0.2) is 0 Å². The van der Waals surface area contributed by atoms with Crippen LogP contribution in [0.25, 0.3) is 0 Å². The van der Waals surface area contributed by atoms with Crippen molar-refractivity contribution in [3.63, 3.8) is 0 Å². The van der Waals surface area contributed by atoms with Gasteiger partial charge in [-0.1, -0.05) is 19.9 Å². The van der Waals surface area contributed by atoms with E-state index in [1.165, 1.54) is 0 Å². The standard InChI is InChI=1S/C19H28N6O/c1-5-16-17(6-2)23-24-19(22-16)21-10-15-7-8-18(20-9-15)25-11-13(3)26-14(4)12-25/h7-9,13-14H,5-6,10-12H2,1-4H3,(H,21,22,24). The lowest BCUT2D eigenvalue weighted by atomic mass is 10.2. The third kappa shape index (κ3) is 4.46. The number of anilines is 2. The molecule has 2 unspecified atom stereocenters. The zero-order valence-corrected chi connectivity index (χ0v) is 16.1. The van der Waals surface area contributed by atoms with Crippen LogP contribution in [0.1, 0.15) is 44.6 Å². The van der Waals surface area contributed by atoms with Crippen LogP contribution in [0.15, 0.2) is 18.3 Å². The van der Waals surface area contributed by atoms with Gasteiger partial charge in [-0.2, -0.15) is 5.10 Å². The zero-order valence-electron chi connectivity index (χ0n) is 16.1. The van der Waals surface area contributed by atoms with Crippen molar-refractivity contribution in [2.45, 2.75) is 59.3 Å². The van der Waals surface area contributed by atoms with Gasteiger partial charge in [-0.3, -0.25) is 0 Å². The van der Waals surface area contributed by atoms with Crippen molar-refractivity contribution in [2.75, 3.05) is 23.3 Å². The molecule has 0 spiro atoms. The van der Waals surface area contributed by atoms with Crippen LogP contribution >= 0.6 is 0 Å². The Hall–Kier alpha value is -2.28. The summed E-state index contributed by atoms with van der Waals surface area (Å²) in [5.74, 6) is 1.56. The summed E-state index contributed by atoms with van der Waals surface area (Å²) in [6.07, 6.45) is 4.07. The fourth-order valence-electron chi connectivity index (χ4n) is 3.27. The van der Waals surface area contributed by atoms with Gasteiger partial charge in [0.05, 0.1) is 23.6 Å². The highest BCUT2D eigenvalue weighted by molar-refractivity contribution is 5.41. The largest absolute Gasteiger partial charge is 0.372 e. The van der Waals surface area contributed by atoms with Gasteiger partial charge in [0.25, 0.3) is 0 Å². The van der Waals surface area contributed by atoms with Crippen molar-refractivity contribution >= 4 is 11.8 Å². The number of morpholine rings is 1. The summed E-state index contributed by atoms with van der Waals surface area (Å²) in [6, 6.07) is 4.16. The molecule has 0 aromatic carbocycles. The molecule has 3 rings (SSSR count). The average Bonchev–Trinajstić information content (AvgIpc) is 2.65. The van der Waals surface area contributed by atoms with E-state index in [2.05, 4.69) is 70.2 Å². The van der Waals surface area contributed by atoms with Crippen LogP contribution in [0, 0.1) is 0 Å². The Morgan fingerprint density at radius 2 is 1.81 bits per heavy atom. The van der Waals surface area contributed by atoms with E-state index in [1.807, 2.05) is 6.20 Å². The van der Waals surface area contributed by atoms with Gasteiger partial charge >= 0.3 is 0 Å². The van der Waals surface area contributed by atoms with E-state index in [0.717, 1.165) is 48.7 Å². The first-order valence-electron chi connectivity index (χ1n) is 9.40. The van der Waals surface area contributed by atoms with Gasteiger partial charge in [0.1, 0.15) is 5.82 Å². The highest BCUT2D eigenvalue weighted by atomic mass is 16.5. The summed E-state index contributed by atoms with van der Waals surface area (Å²) in [7, 11) is 0. The number of aromatic nitrogens is 4. The molecule has 1 aliphatic rings. The molecular formula is C19H28N6O. The Kier molecular flexibility index (Phi) is 5.98. The number of pyridine rings is 1. The van der Waals surface area contributed by atoms with E-state index >= 15 is 0 Å². The molecule has 0 saturated carbocycles. The summed E-state index contributed by atoms with van der Waals surface area (Å²) >= 11 is 0. The van der Waals surface area contributed by atoms with Gasteiger partial charge in [0.2, 0.25) is 5.95 Å². The predicted octanol–water partition coefficient (Wildman–Crippen LogP) is 2.62. The SMILES string of the molecule is CCc1nnc(NCc2ccc(N3CC(C)OC(C)C3)nc2)nc1CC. The van der Waals surface area contributed by atoms with Crippen LogP contribution < -0.4 is 10.2 Å². The fraction of sp³-hybridized carbons (Fsp3) is 0.579. The Labute approximate surface area is 155 Å². The minimum absolute atomic E-state index is 0.227. The summed E-state index contributed by atoms with van der Waals surface area (Å²) in [6.45, 7) is 10.7. The molecule has 140 valence electrons. The topological polar surface area (TPSA) is 76.1 Å². The highest BCUT2D eigenvalue weighted by Gasteiger charge is 2.22. The van der Waals surface area contributed by atoms with Gasteiger partial charge in [-0.15, -0.1) is 5.10 Å². The second kappa shape index (κ2) is 8.40. The molecule has 26 heavy (non-hydrogen) atoms. The molecule has 0 bridgehead atoms. The van der Waals surface area contributed by atoms with Crippen molar-refractivity contribution in [3.8, 4) is 0 Å². The highest BCUT2D eigenvalue weighted by Crippen LogP contribution is 2.18. The average molecular weight is 356 g/mol. The smallest absolute Gasteiger partial charge is 0.243 e. The number of ether oxygens (including phenoxy) is 1. The molecule has 7 heteroatoms. The minimum Gasteiger partial charge on any atom is -0.372 e.